The van der Waals surface area contributed by atoms with Crippen molar-refractivity contribution in [1.29, 1.82) is 0 Å². The van der Waals surface area contributed by atoms with Crippen LogP contribution in [0.2, 0.25) is 0 Å². The van der Waals surface area contributed by atoms with Crippen molar-refractivity contribution in [2.45, 2.75) is 46.1 Å². The number of rotatable bonds is 5. The fraction of sp³-hybridized carbons (Fsp3) is 0.625. The summed E-state index contributed by atoms with van der Waals surface area (Å²) in [6.45, 7) is 5.96. The number of amides is 1. The molecular weight excluding hydrogens is 364 g/mol. The molecule has 1 atom stereocenters. The molecule has 140 valence electrons. The topological polar surface area (TPSA) is 92.8 Å². The third kappa shape index (κ3) is 4.39. The summed E-state index contributed by atoms with van der Waals surface area (Å²) in [5, 5.41) is 3.17. The molecular formula is C16H24N2O5S2. The average Bonchev–Trinajstić information content (AvgIpc) is 2.81. The van der Waals surface area contributed by atoms with E-state index in [1.165, 1.54) is 15.6 Å². The van der Waals surface area contributed by atoms with Crippen molar-refractivity contribution in [2.24, 2.45) is 0 Å². The second-order valence-corrected chi connectivity index (χ2v) is 9.24. The third-order valence-electron chi connectivity index (χ3n) is 4.28. The Morgan fingerprint density at radius 1 is 1.32 bits per heavy atom. The maximum atomic E-state index is 12.7. The van der Waals surface area contributed by atoms with Gasteiger partial charge in [-0.25, -0.2) is 13.2 Å². The van der Waals surface area contributed by atoms with Crippen molar-refractivity contribution in [2.75, 3.05) is 24.7 Å². The SMILES string of the molecule is CCOC(=O)c1c(NC(=O)[C@@H]2CCCCN2S(C)(=O)=O)sc(C)c1C. The Bertz CT molecular complexity index is 770. The number of esters is 1. The van der Waals surface area contributed by atoms with E-state index in [-0.39, 0.29) is 6.61 Å². The average molecular weight is 389 g/mol. The number of nitrogens with zero attached hydrogens (tertiary/aromatic N) is 1. The molecule has 1 amide bonds. The molecule has 1 aliphatic rings. The van der Waals surface area contributed by atoms with E-state index in [9.17, 15) is 18.0 Å². The van der Waals surface area contributed by atoms with Crippen LogP contribution in [0.15, 0.2) is 0 Å². The van der Waals surface area contributed by atoms with Gasteiger partial charge in [0.05, 0.1) is 18.4 Å². The molecule has 7 nitrogen and oxygen atoms in total. The van der Waals surface area contributed by atoms with Gasteiger partial charge in [0, 0.05) is 11.4 Å². The van der Waals surface area contributed by atoms with E-state index in [0.29, 0.717) is 23.5 Å². The van der Waals surface area contributed by atoms with E-state index < -0.39 is 27.9 Å². The minimum atomic E-state index is -3.47. The Kier molecular flexibility index (Phi) is 6.23. The van der Waals surface area contributed by atoms with Gasteiger partial charge in [-0.2, -0.15) is 4.31 Å². The van der Waals surface area contributed by atoms with Crippen LogP contribution in [0.3, 0.4) is 0 Å². The van der Waals surface area contributed by atoms with Gasteiger partial charge >= 0.3 is 5.97 Å². The highest BCUT2D eigenvalue weighted by Gasteiger charge is 2.35. The Morgan fingerprint density at radius 3 is 2.60 bits per heavy atom. The van der Waals surface area contributed by atoms with Crippen LogP contribution in [-0.4, -0.2) is 50.0 Å². The Morgan fingerprint density at radius 2 is 2.00 bits per heavy atom. The van der Waals surface area contributed by atoms with Gasteiger partial charge in [-0.15, -0.1) is 11.3 Å². The molecule has 1 aromatic heterocycles. The predicted molar refractivity (Wildman–Crippen MR) is 97.6 cm³/mol. The molecule has 0 unspecified atom stereocenters. The van der Waals surface area contributed by atoms with Crippen LogP contribution in [0, 0.1) is 13.8 Å². The Hall–Kier alpha value is -1.45. The molecule has 1 aromatic rings. The lowest BCUT2D eigenvalue weighted by molar-refractivity contribution is -0.120. The number of anilines is 1. The molecule has 1 N–H and O–H groups in total. The smallest absolute Gasteiger partial charge is 0.341 e. The number of hydrogen-bond acceptors (Lipinski definition) is 6. The summed E-state index contributed by atoms with van der Waals surface area (Å²) in [6.07, 6.45) is 3.11. The number of sulfonamides is 1. The number of ether oxygens (including phenoxy) is 1. The minimum absolute atomic E-state index is 0.241. The minimum Gasteiger partial charge on any atom is -0.462 e. The molecule has 0 aromatic carbocycles. The quantitative estimate of drug-likeness (QED) is 0.781. The number of piperidine rings is 1. The first-order chi connectivity index (χ1) is 11.7. The molecule has 0 radical (unpaired) electrons. The predicted octanol–water partition coefficient (Wildman–Crippen LogP) is 2.29. The molecule has 2 rings (SSSR count). The lowest BCUT2D eigenvalue weighted by Gasteiger charge is -2.32. The van der Waals surface area contributed by atoms with E-state index in [1.54, 1.807) is 13.8 Å². The summed E-state index contributed by atoms with van der Waals surface area (Å²) >= 11 is 1.30. The van der Waals surface area contributed by atoms with Crippen LogP contribution in [0.5, 0.6) is 0 Å². The first-order valence-electron chi connectivity index (χ1n) is 8.21. The van der Waals surface area contributed by atoms with E-state index in [2.05, 4.69) is 5.32 Å². The molecule has 0 bridgehead atoms. The zero-order valence-corrected chi connectivity index (χ0v) is 16.6. The number of nitrogens with one attached hydrogen (secondary N) is 1. The second-order valence-electron chi connectivity index (χ2n) is 6.08. The van der Waals surface area contributed by atoms with Crippen LogP contribution in [0.4, 0.5) is 5.00 Å². The summed E-state index contributed by atoms with van der Waals surface area (Å²) in [7, 11) is -3.47. The number of carbonyl (C=O) groups excluding carboxylic acids is 2. The fourth-order valence-electron chi connectivity index (χ4n) is 2.92. The van der Waals surface area contributed by atoms with Gasteiger partial charge in [0.15, 0.2) is 0 Å². The fourth-order valence-corrected chi connectivity index (χ4v) is 5.10. The van der Waals surface area contributed by atoms with E-state index in [0.717, 1.165) is 29.5 Å². The highest BCUT2D eigenvalue weighted by atomic mass is 32.2. The molecule has 2 heterocycles. The molecule has 25 heavy (non-hydrogen) atoms. The van der Waals surface area contributed by atoms with E-state index >= 15 is 0 Å². The summed E-state index contributed by atoms with van der Waals surface area (Å²) in [5.41, 5.74) is 1.11. The molecule has 0 spiro atoms. The number of aryl methyl sites for hydroxylation is 1. The van der Waals surface area contributed by atoms with E-state index in [1.807, 2.05) is 6.92 Å². The van der Waals surface area contributed by atoms with Gasteiger partial charge < -0.3 is 10.1 Å². The molecule has 0 aliphatic carbocycles. The third-order valence-corrected chi connectivity index (χ3v) is 6.70. The zero-order valence-electron chi connectivity index (χ0n) is 14.9. The molecule has 1 aliphatic heterocycles. The van der Waals surface area contributed by atoms with Crippen LogP contribution in [-0.2, 0) is 19.6 Å². The lowest BCUT2D eigenvalue weighted by Crippen LogP contribution is -2.49. The highest BCUT2D eigenvalue weighted by Crippen LogP contribution is 2.33. The first-order valence-corrected chi connectivity index (χ1v) is 10.9. The van der Waals surface area contributed by atoms with E-state index in [4.69, 9.17) is 4.74 Å². The van der Waals surface area contributed by atoms with Crippen molar-refractivity contribution in [1.82, 2.24) is 4.31 Å². The Balaban J connectivity index is 2.28. The van der Waals surface area contributed by atoms with Gasteiger partial charge in [-0.3, -0.25) is 4.79 Å². The van der Waals surface area contributed by atoms with Crippen molar-refractivity contribution in [3.63, 3.8) is 0 Å². The van der Waals surface area contributed by atoms with Crippen LogP contribution < -0.4 is 5.32 Å². The standard InChI is InChI=1S/C16H24N2O5S2/c1-5-23-16(20)13-10(2)11(3)24-15(13)17-14(19)12-8-6-7-9-18(12)25(4,21)22/h12H,5-9H2,1-4H3,(H,17,19)/t12-/m0/s1. The number of thiophene rings is 1. The monoisotopic (exact) mass is 388 g/mol. The maximum absolute atomic E-state index is 12.7. The summed E-state index contributed by atoms with van der Waals surface area (Å²) < 4.78 is 30.2. The lowest BCUT2D eigenvalue weighted by atomic mass is 10.0. The molecule has 9 heteroatoms. The van der Waals surface area contributed by atoms with Gasteiger partial charge in [-0.1, -0.05) is 6.42 Å². The first kappa shape index (κ1) is 19.9. The van der Waals surface area contributed by atoms with Crippen molar-refractivity contribution in [3.05, 3.63) is 16.0 Å². The van der Waals surface area contributed by atoms with Gasteiger partial charge in [-0.05, 0) is 39.2 Å². The van der Waals surface area contributed by atoms with Crippen molar-refractivity contribution in [3.8, 4) is 0 Å². The molecule has 1 saturated heterocycles. The van der Waals surface area contributed by atoms with Crippen LogP contribution >= 0.6 is 11.3 Å². The highest BCUT2D eigenvalue weighted by molar-refractivity contribution is 7.88. The van der Waals surface area contributed by atoms with Crippen LogP contribution in [0.1, 0.15) is 47.0 Å². The van der Waals surface area contributed by atoms with Crippen LogP contribution in [0.25, 0.3) is 0 Å². The van der Waals surface area contributed by atoms with Crippen molar-refractivity contribution < 1.29 is 22.7 Å². The molecule has 0 saturated carbocycles. The number of hydrogen-bond donors (Lipinski definition) is 1. The van der Waals surface area contributed by atoms with Crippen molar-refractivity contribution >= 4 is 38.2 Å². The van der Waals surface area contributed by atoms with Gasteiger partial charge in [0.1, 0.15) is 11.0 Å². The second kappa shape index (κ2) is 7.84. The summed E-state index contributed by atoms with van der Waals surface area (Å²) in [5.74, 6) is -0.889. The van der Waals surface area contributed by atoms with Gasteiger partial charge in [0.25, 0.3) is 0 Å². The number of carbonyl (C=O) groups is 2. The Labute approximate surface area is 152 Å². The van der Waals surface area contributed by atoms with Gasteiger partial charge in [0.2, 0.25) is 15.9 Å². The summed E-state index contributed by atoms with van der Waals surface area (Å²) in [4.78, 5) is 25.8. The normalized spacial score (nSPS) is 18.8. The molecule has 1 fully saturated rings. The maximum Gasteiger partial charge on any atom is 0.341 e. The zero-order chi connectivity index (χ0) is 18.8. The summed E-state index contributed by atoms with van der Waals surface area (Å²) in [6, 6.07) is -0.749. The largest absolute Gasteiger partial charge is 0.462 e.